The molecule has 5 unspecified atom stereocenters. The van der Waals surface area contributed by atoms with Crippen molar-refractivity contribution < 1.29 is 20.4 Å². The van der Waals surface area contributed by atoms with Gasteiger partial charge < -0.3 is 20.4 Å². The predicted molar refractivity (Wildman–Crippen MR) is 94.3 cm³/mol. The number of aliphatic hydroxyl groups is 4. The summed E-state index contributed by atoms with van der Waals surface area (Å²) in [5, 5.41) is 42.7. The molecule has 0 radical (unpaired) electrons. The Morgan fingerprint density at radius 1 is 0.880 bits per heavy atom. The molecule has 4 nitrogen and oxygen atoms in total. The molecule has 0 bridgehead atoms. The summed E-state index contributed by atoms with van der Waals surface area (Å²) in [6.45, 7) is 4.36. The van der Waals surface area contributed by atoms with Gasteiger partial charge in [-0.25, -0.2) is 0 Å². The first-order chi connectivity index (χ1) is 11.7. The fourth-order valence-corrected chi connectivity index (χ4v) is 7.52. The highest BCUT2D eigenvalue weighted by molar-refractivity contribution is 5.24. The third-order valence-corrected chi connectivity index (χ3v) is 9.14. The van der Waals surface area contributed by atoms with Gasteiger partial charge >= 0.3 is 0 Å². The number of hydrogen-bond donors (Lipinski definition) is 4. The third kappa shape index (κ3) is 2.10. The molecular formula is C21H32O4. The minimum atomic E-state index is -1.07. The molecule has 0 amide bonds. The lowest BCUT2D eigenvalue weighted by Gasteiger charge is -2.63. The fourth-order valence-electron chi connectivity index (χ4n) is 7.52. The van der Waals surface area contributed by atoms with Crippen LogP contribution in [-0.2, 0) is 0 Å². The van der Waals surface area contributed by atoms with Gasteiger partial charge in [-0.2, -0.15) is 0 Å². The number of rotatable bonds is 0. The Hall–Kier alpha value is -0.600. The first-order valence-electron chi connectivity index (χ1n) is 9.92. The molecule has 0 spiro atoms. The quantitative estimate of drug-likeness (QED) is 0.502. The van der Waals surface area contributed by atoms with Crippen molar-refractivity contribution in [3.63, 3.8) is 0 Å². The van der Waals surface area contributed by atoms with Crippen LogP contribution in [0.15, 0.2) is 0 Å². The molecule has 4 rings (SSSR count). The maximum atomic E-state index is 11.0. The first-order valence-corrected chi connectivity index (χ1v) is 9.92. The zero-order valence-corrected chi connectivity index (χ0v) is 15.4. The summed E-state index contributed by atoms with van der Waals surface area (Å²) in [6, 6.07) is 0. The minimum Gasteiger partial charge on any atom is -0.393 e. The van der Waals surface area contributed by atoms with Crippen molar-refractivity contribution in [2.45, 2.75) is 82.7 Å². The predicted octanol–water partition coefficient (Wildman–Crippen LogP) is 1.70. The molecule has 0 heterocycles. The second kappa shape index (κ2) is 5.45. The van der Waals surface area contributed by atoms with E-state index in [4.69, 9.17) is 6.42 Å². The van der Waals surface area contributed by atoms with Crippen LogP contribution in [0.1, 0.15) is 58.8 Å². The average Bonchev–Trinajstić information content (AvgIpc) is 2.86. The van der Waals surface area contributed by atoms with Crippen LogP contribution >= 0.6 is 0 Å². The standard InChI is InChI=1S/C21H32O4/c1-4-21(25)10-6-13-17-12(5-9-20(13,21)3)19(2)8-7-15(22)18(24)14(19)11-16(17)23/h1,12-18,22-25H,5-11H2,2-3H3/t12-,13+,14?,15?,16?,17-,18?,19-,20+,21?/m1/s1. The van der Waals surface area contributed by atoms with Crippen molar-refractivity contribution in [3.8, 4) is 12.3 Å². The highest BCUT2D eigenvalue weighted by Gasteiger charge is 2.67. The summed E-state index contributed by atoms with van der Waals surface area (Å²) in [7, 11) is 0. The normalized spacial score (nSPS) is 60.9. The van der Waals surface area contributed by atoms with E-state index < -0.39 is 23.9 Å². The lowest BCUT2D eigenvalue weighted by Crippen LogP contribution is -2.63. The van der Waals surface area contributed by atoms with E-state index in [1.807, 2.05) is 0 Å². The van der Waals surface area contributed by atoms with E-state index in [1.165, 1.54) is 0 Å². The van der Waals surface area contributed by atoms with Gasteiger partial charge in [-0.15, -0.1) is 6.42 Å². The Kier molecular flexibility index (Phi) is 3.88. The van der Waals surface area contributed by atoms with Crippen LogP contribution in [0.4, 0.5) is 0 Å². The molecular weight excluding hydrogens is 316 g/mol. The van der Waals surface area contributed by atoms with E-state index in [2.05, 4.69) is 19.8 Å². The van der Waals surface area contributed by atoms with Crippen molar-refractivity contribution in [1.82, 2.24) is 0 Å². The van der Waals surface area contributed by atoms with Gasteiger partial charge in [0.1, 0.15) is 5.60 Å². The molecule has 4 saturated carbocycles. The van der Waals surface area contributed by atoms with Gasteiger partial charge in [-0.1, -0.05) is 19.8 Å². The van der Waals surface area contributed by atoms with Crippen LogP contribution in [0.25, 0.3) is 0 Å². The van der Waals surface area contributed by atoms with Gasteiger partial charge in [0, 0.05) is 5.41 Å². The number of aliphatic hydroxyl groups excluding tert-OH is 3. The Morgan fingerprint density at radius 2 is 1.56 bits per heavy atom. The van der Waals surface area contributed by atoms with Crippen molar-refractivity contribution >= 4 is 0 Å². The van der Waals surface area contributed by atoms with E-state index in [0.29, 0.717) is 25.2 Å². The third-order valence-electron chi connectivity index (χ3n) is 9.14. The molecule has 25 heavy (non-hydrogen) atoms. The summed E-state index contributed by atoms with van der Waals surface area (Å²) in [5.41, 5.74) is -1.46. The van der Waals surface area contributed by atoms with Gasteiger partial charge in [0.15, 0.2) is 0 Å². The minimum absolute atomic E-state index is 0.0511. The van der Waals surface area contributed by atoms with Gasteiger partial charge in [0.25, 0.3) is 0 Å². The van der Waals surface area contributed by atoms with Crippen LogP contribution in [-0.4, -0.2) is 44.3 Å². The average molecular weight is 348 g/mol. The van der Waals surface area contributed by atoms with Gasteiger partial charge in [0.2, 0.25) is 0 Å². The molecule has 0 aromatic carbocycles. The summed E-state index contributed by atoms with van der Waals surface area (Å²) < 4.78 is 0. The second-order valence-electron chi connectivity index (χ2n) is 9.80. The number of hydrogen-bond acceptors (Lipinski definition) is 4. The molecule has 140 valence electrons. The van der Waals surface area contributed by atoms with E-state index in [-0.39, 0.29) is 28.6 Å². The van der Waals surface area contributed by atoms with Gasteiger partial charge in [-0.05, 0) is 74.0 Å². The SMILES string of the molecule is C#CC1(O)CC[C@H]2[C@@H]3C(O)CC4C(O)C(O)CC[C@]4(C)[C@@H]3CC[C@@]21C. The molecule has 0 aromatic heterocycles. The van der Waals surface area contributed by atoms with Crippen molar-refractivity contribution in [1.29, 1.82) is 0 Å². The Bertz CT molecular complexity index is 599. The highest BCUT2D eigenvalue weighted by Crippen LogP contribution is 2.68. The van der Waals surface area contributed by atoms with Crippen LogP contribution in [0, 0.1) is 46.8 Å². The summed E-state index contributed by atoms with van der Waals surface area (Å²) in [4.78, 5) is 0. The molecule has 10 atom stereocenters. The molecule has 4 heteroatoms. The van der Waals surface area contributed by atoms with Crippen molar-refractivity contribution in [3.05, 3.63) is 0 Å². The topological polar surface area (TPSA) is 80.9 Å². The summed E-state index contributed by atoms with van der Waals surface area (Å²) >= 11 is 0. The number of terminal acetylenes is 1. The highest BCUT2D eigenvalue weighted by atomic mass is 16.3. The van der Waals surface area contributed by atoms with Gasteiger partial charge in [-0.3, -0.25) is 0 Å². The fraction of sp³-hybridized carbons (Fsp3) is 0.905. The van der Waals surface area contributed by atoms with Crippen molar-refractivity contribution in [2.24, 2.45) is 34.5 Å². The maximum Gasteiger partial charge on any atom is 0.130 e. The molecule has 4 aliphatic carbocycles. The van der Waals surface area contributed by atoms with Crippen LogP contribution < -0.4 is 0 Å². The monoisotopic (exact) mass is 348 g/mol. The first kappa shape index (κ1) is 17.8. The lowest BCUT2D eigenvalue weighted by molar-refractivity contribution is -0.212. The molecule has 0 saturated heterocycles. The van der Waals surface area contributed by atoms with Crippen LogP contribution in [0.3, 0.4) is 0 Å². The second-order valence-corrected chi connectivity index (χ2v) is 9.80. The molecule has 4 fully saturated rings. The lowest BCUT2D eigenvalue weighted by atomic mass is 9.43. The molecule has 4 N–H and O–H groups in total. The molecule has 0 aliphatic heterocycles. The zero-order chi connectivity index (χ0) is 18.2. The van der Waals surface area contributed by atoms with E-state index in [9.17, 15) is 20.4 Å². The summed E-state index contributed by atoms with van der Waals surface area (Å²) in [6.07, 6.45) is 9.13. The van der Waals surface area contributed by atoms with Crippen LogP contribution in [0.5, 0.6) is 0 Å². The largest absolute Gasteiger partial charge is 0.393 e. The molecule has 0 aromatic rings. The van der Waals surface area contributed by atoms with E-state index >= 15 is 0 Å². The zero-order valence-electron chi connectivity index (χ0n) is 15.4. The van der Waals surface area contributed by atoms with Crippen molar-refractivity contribution in [2.75, 3.05) is 0 Å². The summed E-state index contributed by atoms with van der Waals surface area (Å²) in [5.74, 6) is 3.30. The Balaban J connectivity index is 1.71. The Labute approximate surface area is 150 Å². The van der Waals surface area contributed by atoms with Gasteiger partial charge in [0.05, 0.1) is 18.3 Å². The van der Waals surface area contributed by atoms with E-state index in [0.717, 1.165) is 25.7 Å². The Morgan fingerprint density at radius 3 is 2.24 bits per heavy atom. The number of fused-ring (bicyclic) bond motifs is 5. The van der Waals surface area contributed by atoms with E-state index in [1.54, 1.807) is 0 Å². The van der Waals surface area contributed by atoms with Crippen LogP contribution in [0.2, 0.25) is 0 Å². The smallest absolute Gasteiger partial charge is 0.130 e. The molecule has 4 aliphatic rings. The maximum absolute atomic E-state index is 11.0.